The summed E-state index contributed by atoms with van der Waals surface area (Å²) < 4.78 is 22.5. The van der Waals surface area contributed by atoms with Gasteiger partial charge in [-0.05, 0) is 12.8 Å². The van der Waals surface area contributed by atoms with E-state index in [0.717, 1.165) is 12.8 Å². The topological polar surface area (TPSA) is 46.5 Å². The van der Waals surface area contributed by atoms with E-state index in [1.54, 1.807) is 0 Å². The summed E-state index contributed by atoms with van der Waals surface area (Å²) in [5.74, 6) is 0. The summed E-state index contributed by atoms with van der Waals surface area (Å²) in [6.07, 6.45) is 2.53. The summed E-state index contributed by atoms with van der Waals surface area (Å²) in [6, 6.07) is 0. The second-order valence-electron chi connectivity index (χ2n) is 1.87. The first-order valence-electron chi connectivity index (χ1n) is 3.09. The van der Waals surface area contributed by atoms with Gasteiger partial charge in [-0.3, -0.25) is 4.55 Å². The quantitative estimate of drug-likeness (QED) is 0.347. The maximum Gasteiger partial charge on any atom is 1.00 e. The van der Waals surface area contributed by atoms with Crippen molar-refractivity contribution in [3.8, 4) is 0 Å². The molecule has 1 N–H and O–H groups in total. The van der Waals surface area contributed by atoms with Crippen LogP contribution in [0.25, 0.3) is 0 Å². The Morgan fingerprint density at radius 3 is 2.73 bits per heavy atom. The molecule has 64 valence electrons. The van der Waals surface area contributed by atoms with Gasteiger partial charge in [-0.25, -0.2) is 4.18 Å². The van der Waals surface area contributed by atoms with Crippen molar-refractivity contribution in [2.45, 2.75) is 31.7 Å². The SMILES string of the molecule is CCCCC(Cl)OS(=O)O.[H-].[Li+]. The van der Waals surface area contributed by atoms with Crippen LogP contribution in [0.4, 0.5) is 0 Å². The van der Waals surface area contributed by atoms with Gasteiger partial charge in [0.25, 0.3) is 0 Å². The predicted molar refractivity (Wildman–Crippen MR) is 42.1 cm³/mol. The van der Waals surface area contributed by atoms with E-state index >= 15 is 0 Å². The molecule has 0 fully saturated rings. The summed E-state index contributed by atoms with van der Waals surface area (Å²) in [6.45, 7) is 2.01. The molecule has 0 aromatic heterocycles. The molecule has 0 aliphatic rings. The van der Waals surface area contributed by atoms with Crippen LogP contribution in [-0.4, -0.2) is 14.3 Å². The molecule has 2 unspecified atom stereocenters. The normalized spacial score (nSPS) is 15.2. The molecule has 0 bridgehead atoms. The minimum atomic E-state index is -2.23. The Morgan fingerprint density at radius 1 is 1.82 bits per heavy atom. The van der Waals surface area contributed by atoms with Gasteiger partial charge in [-0.15, -0.1) is 0 Å². The maximum absolute atomic E-state index is 9.98. The van der Waals surface area contributed by atoms with Crippen LogP contribution in [0.15, 0.2) is 0 Å². The Labute approximate surface area is 88.0 Å². The van der Waals surface area contributed by atoms with Crippen molar-refractivity contribution < 1.29 is 33.2 Å². The molecule has 2 atom stereocenters. The summed E-state index contributed by atoms with van der Waals surface area (Å²) in [7, 11) is 0. The average Bonchev–Trinajstić information content (AvgIpc) is 1.82. The van der Waals surface area contributed by atoms with Gasteiger partial charge < -0.3 is 1.43 Å². The number of hydrogen-bond acceptors (Lipinski definition) is 2. The van der Waals surface area contributed by atoms with Crippen LogP contribution in [0.5, 0.6) is 0 Å². The van der Waals surface area contributed by atoms with Gasteiger partial charge in [0.1, 0.15) is 0 Å². The number of alkyl halides is 1. The summed E-state index contributed by atoms with van der Waals surface area (Å²) in [5.41, 5.74) is -0.634. The van der Waals surface area contributed by atoms with Crippen LogP contribution in [0.3, 0.4) is 0 Å². The van der Waals surface area contributed by atoms with E-state index in [4.69, 9.17) is 16.2 Å². The van der Waals surface area contributed by atoms with Crippen molar-refractivity contribution in [2.24, 2.45) is 0 Å². The van der Waals surface area contributed by atoms with E-state index in [9.17, 15) is 4.21 Å². The fourth-order valence-corrected chi connectivity index (χ4v) is 1.12. The van der Waals surface area contributed by atoms with Crippen LogP contribution in [-0.2, 0) is 15.5 Å². The largest absolute Gasteiger partial charge is 1.00 e. The van der Waals surface area contributed by atoms with Gasteiger partial charge >= 0.3 is 30.2 Å². The molecule has 0 radical (unpaired) electrons. The Kier molecular flexibility index (Phi) is 11.9. The minimum absolute atomic E-state index is 0. The number of halogens is 1. The zero-order chi connectivity index (χ0) is 7.98. The monoisotopic (exact) mass is 194 g/mol. The van der Waals surface area contributed by atoms with Crippen LogP contribution in [0, 0.1) is 0 Å². The van der Waals surface area contributed by atoms with Crippen molar-refractivity contribution in [3.63, 3.8) is 0 Å². The van der Waals surface area contributed by atoms with Crippen molar-refractivity contribution in [3.05, 3.63) is 0 Å². The fraction of sp³-hybridized carbons (Fsp3) is 1.00. The molecule has 0 heterocycles. The van der Waals surface area contributed by atoms with Crippen LogP contribution in [0.1, 0.15) is 27.6 Å². The van der Waals surface area contributed by atoms with Crippen molar-refractivity contribution >= 4 is 23.0 Å². The molecule has 0 aliphatic heterocycles. The van der Waals surface area contributed by atoms with Gasteiger partial charge in [-0.2, -0.15) is 4.21 Å². The summed E-state index contributed by atoms with van der Waals surface area (Å²) >= 11 is 3.25. The number of hydrogen-bond donors (Lipinski definition) is 1. The summed E-state index contributed by atoms with van der Waals surface area (Å²) in [5, 5.41) is 0. The van der Waals surface area contributed by atoms with Gasteiger partial charge in [0, 0.05) is 0 Å². The van der Waals surface area contributed by atoms with E-state index in [1.165, 1.54) is 0 Å². The molecule has 11 heavy (non-hydrogen) atoms. The molecular weight excluding hydrogens is 183 g/mol. The van der Waals surface area contributed by atoms with Gasteiger partial charge in [-0.1, -0.05) is 24.9 Å². The zero-order valence-corrected chi connectivity index (χ0v) is 8.32. The minimum Gasteiger partial charge on any atom is -1.00 e. The molecule has 0 aromatic carbocycles. The van der Waals surface area contributed by atoms with Crippen LogP contribution < -0.4 is 18.9 Å². The Balaban J connectivity index is -0.000000405. The predicted octanol–water partition coefficient (Wildman–Crippen LogP) is -0.989. The second kappa shape index (κ2) is 9.05. The van der Waals surface area contributed by atoms with Crippen molar-refractivity contribution in [1.82, 2.24) is 0 Å². The molecule has 0 aromatic rings. The molecule has 3 nitrogen and oxygen atoms in total. The molecule has 0 saturated heterocycles. The molecule has 0 amide bonds. The van der Waals surface area contributed by atoms with E-state index in [0.29, 0.717) is 6.42 Å². The first kappa shape index (κ1) is 14.5. The first-order valence-corrected chi connectivity index (χ1v) is 4.55. The second-order valence-corrected chi connectivity index (χ2v) is 2.98. The summed E-state index contributed by atoms with van der Waals surface area (Å²) in [4.78, 5) is 0. The van der Waals surface area contributed by atoms with E-state index in [2.05, 4.69) is 4.18 Å². The number of unbranched alkanes of at least 4 members (excludes halogenated alkanes) is 1. The van der Waals surface area contributed by atoms with Crippen molar-refractivity contribution in [1.29, 1.82) is 0 Å². The third kappa shape index (κ3) is 11.0. The third-order valence-corrected chi connectivity index (χ3v) is 1.78. The molecule has 0 saturated carbocycles. The average molecular weight is 195 g/mol. The van der Waals surface area contributed by atoms with Crippen LogP contribution in [0.2, 0.25) is 0 Å². The van der Waals surface area contributed by atoms with Crippen LogP contribution >= 0.6 is 11.6 Å². The molecule has 0 aliphatic carbocycles. The molecule has 0 rings (SSSR count). The van der Waals surface area contributed by atoms with E-state index in [-0.39, 0.29) is 20.3 Å². The Bertz CT molecular complexity index is 119. The smallest absolute Gasteiger partial charge is 1.00 e. The molecule has 0 spiro atoms. The maximum atomic E-state index is 9.98. The number of rotatable bonds is 5. The molecular formula is C5H12ClLiO3S. The first-order chi connectivity index (χ1) is 4.66. The Morgan fingerprint density at radius 2 is 2.36 bits per heavy atom. The fourth-order valence-electron chi connectivity index (χ4n) is 0.502. The Hall–Kier alpha value is 0.957. The third-order valence-electron chi connectivity index (χ3n) is 0.971. The van der Waals surface area contributed by atoms with Gasteiger partial charge in [0.15, 0.2) is 5.56 Å². The van der Waals surface area contributed by atoms with E-state index < -0.39 is 16.9 Å². The van der Waals surface area contributed by atoms with E-state index in [1.807, 2.05) is 6.92 Å². The van der Waals surface area contributed by atoms with Crippen molar-refractivity contribution in [2.75, 3.05) is 0 Å². The van der Waals surface area contributed by atoms with Gasteiger partial charge in [0.2, 0.25) is 0 Å². The molecule has 6 heteroatoms. The van der Waals surface area contributed by atoms with Gasteiger partial charge in [0.05, 0.1) is 0 Å². The zero-order valence-electron chi connectivity index (χ0n) is 7.75. The standard InChI is InChI=1S/C5H11ClO3S.Li.H/c1-2-3-4-5(6)9-10(7)8;;/h5H,2-4H2,1H3,(H,7,8);;/q;+1;-1.